The Kier molecular flexibility index (Phi) is 8.83. The molecule has 1 aliphatic rings. The highest BCUT2D eigenvalue weighted by atomic mass is 35.5. The zero-order valence-electron chi connectivity index (χ0n) is 18.0. The van der Waals surface area contributed by atoms with Crippen LogP contribution in [0.3, 0.4) is 0 Å². The highest BCUT2D eigenvalue weighted by Gasteiger charge is 2.17. The molecule has 1 heterocycles. The van der Waals surface area contributed by atoms with Gasteiger partial charge in [0.25, 0.3) is 0 Å². The van der Waals surface area contributed by atoms with Crippen LogP contribution in [0.2, 0.25) is 0 Å². The molecule has 178 valence electrons. The maximum atomic E-state index is 12.9. The number of esters is 1. The summed E-state index contributed by atoms with van der Waals surface area (Å²) >= 11 is 0. The second kappa shape index (κ2) is 11.4. The number of hydrogen-bond donors (Lipinski definition) is 5. The first kappa shape index (κ1) is 26.4. The van der Waals surface area contributed by atoms with Gasteiger partial charge in [-0.2, -0.15) is 0 Å². The number of carbonyl (C=O) groups excluding carboxylic acids is 2. The summed E-state index contributed by atoms with van der Waals surface area (Å²) in [5, 5.41) is 15.3. The fourth-order valence-electron chi connectivity index (χ4n) is 3.50. The fraction of sp³-hybridized carbons (Fsp3) is 0.130. The van der Waals surface area contributed by atoms with E-state index in [0.29, 0.717) is 40.3 Å². The lowest BCUT2D eigenvalue weighted by Crippen LogP contribution is -2.26. The molecule has 0 aromatic heterocycles. The number of guanidine groups is 1. The molecule has 34 heavy (non-hydrogen) atoms. The number of nitrogens with two attached hydrogens (primary N) is 2. The number of fused-ring (bicyclic) bond motifs is 1. The summed E-state index contributed by atoms with van der Waals surface area (Å²) in [6.45, 7) is 1.46. The lowest BCUT2D eigenvalue weighted by atomic mass is 9.98. The van der Waals surface area contributed by atoms with Crippen LogP contribution in [0.25, 0.3) is 10.8 Å². The average molecular weight is 503 g/mol. The van der Waals surface area contributed by atoms with Crippen LogP contribution in [0.5, 0.6) is 5.75 Å². The van der Waals surface area contributed by atoms with Crippen molar-refractivity contribution in [3.63, 3.8) is 0 Å². The minimum atomic E-state index is -0.569. The molecule has 0 saturated carbocycles. The van der Waals surface area contributed by atoms with Gasteiger partial charge < -0.3 is 26.8 Å². The van der Waals surface area contributed by atoms with Crippen LogP contribution < -0.4 is 26.8 Å². The third-order valence-corrected chi connectivity index (χ3v) is 4.99. The molecule has 4 rings (SSSR count). The maximum absolute atomic E-state index is 12.9. The normalized spacial score (nSPS) is 11.9. The molecule has 7 N–H and O–H groups in total. The van der Waals surface area contributed by atoms with Gasteiger partial charge in [0, 0.05) is 23.4 Å². The van der Waals surface area contributed by atoms with Crippen molar-refractivity contribution in [2.45, 2.75) is 6.42 Å². The molecule has 0 bridgehead atoms. The fourth-order valence-corrected chi connectivity index (χ4v) is 3.50. The third-order valence-electron chi connectivity index (χ3n) is 4.99. The number of ether oxygens (including phenoxy) is 1. The number of nitrogens with zero attached hydrogens (tertiary/aromatic N) is 1. The first-order valence-corrected chi connectivity index (χ1v) is 9.96. The number of carbonyl (C=O) groups is 2. The van der Waals surface area contributed by atoms with Crippen molar-refractivity contribution >= 4 is 64.9 Å². The molecular weight excluding hydrogens is 479 g/mol. The van der Waals surface area contributed by atoms with Gasteiger partial charge in [0.2, 0.25) is 5.91 Å². The molecule has 0 aliphatic carbocycles. The lowest BCUT2D eigenvalue weighted by Gasteiger charge is -2.14. The Labute approximate surface area is 208 Å². The Morgan fingerprint density at radius 3 is 2.53 bits per heavy atom. The van der Waals surface area contributed by atoms with Gasteiger partial charge in [0.05, 0.1) is 18.5 Å². The van der Waals surface area contributed by atoms with E-state index in [1.807, 2.05) is 6.07 Å². The Bertz CT molecular complexity index is 1280. The van der Waals surface area contributed by atoms with Crippen molar-refractivity contribution in [3.8, 4) is 5.75 Å². The number of nitrogen functional groups attached to an aromatic ring is 1. The second-order valence-corrected chi connectivity index (χ2v) is 7.29. The van der Waals surface area contributed by atoms with E-state index in [1.165, 1.54) is 0 Å². The molecule has 1 aliphatic heterocycles. The van der Waals surface area contributed by atoms with Gasteiger partial charge in [-0.05, 0) is 41.1 Å². The predicted molar refractivity (Wildman–Crippen MR) is 138 cm³/mol. The topological polar surface area (TPSA) is 156 Å². The zero-order valence-corrected chi connectivity index (χ0v) is 19.6. The number of rotatable bonds is 6. The molecule has 9 nitrogen and oxygen atoms in total. The van der Waals surface area contributed by atoms with E-state index in [2.05, 4.69) is 15.6 Å². The van der Waals surface area contributed by atoms with Gasteiger partial charge in [0.1, 0.15) is 11.6 Å². The molecule has 0 fully saturated rings. The third kappa shape index (κ3) is 5.94. The molecule has 0 unspecified atom stereocenters. The van der Waals surface area contributed by atoms with Crippen molar-refractivity contribution < 1.29 is 14.3 Å². The van der Waals surface area contributed by atoms with E-state index in [-0.39, 0.29) is 42.8 Å². The summed E-state index contributed by atoms with van der Waals surface area (Å²) in [5.41, 5.74) is 13.1. The summed E-state index contributed by atoms with van der Waals surface area (Å²) in [6, 6.07) is 15.4. The van der Waals surface area contributed by atoms with E-state index >= 15 is 0 Å². The van der Waals surface area contributed by atoms with Gasteiger partial charge in [-0.1, -0.05) is 24.3 Å². The number of halogens is 2. The highest BCUT2D eigenvalue weighted by molar-refractivity contribution is 6.02. The first-order chi connectivity index (χ1) is 15.4. The number of hydrogen-bond acceptors (Lipinski definition) is 7. The van der Waals surface area contributed by atoms with Crippen LogP contribution in [0.4, 0.5) is 5.69 Å². The Morgan fingerprint density at radius 1 is 1.06 bits per heavy atom. The van der Waals surface area contributed by atoms with Crippen molar-refractivity contribution in [3.05, 3.63) is 71.3 Å². The van der Waals surface area contributed by atoms with Gasteiger partial charge in [0.15, 0.2) is 5.96 Å². The van der Waals surface area contributed by atoms with Crippen LogP contribution in [0, 0.1) is 5.41 Å². The molecule has 3 aromatic carbocycles. The Balaban J connectivity index is 0.00000204. The van der Waals surface area contributed by atoms with E-state index in [1.54, 1.807) is 48.5 Å². The van der Waals surface area contributed by atoms with E-state index < -0.39 is 11.9 Å². The van der Waals surface area contributed by atoms with Gasteiger partial charge >= 0.3 is 5.97 Å². The minimum Gasteiger partial charge on any atom is -0.423 e. The summed E-state index contributed by atoms with van der Waals surface area (Å²) < 4.78 is 5.66. The summed E-state index contributed by atoms with van der Waals surface area (Å²) in [4.78, 5) is 28.8. The summed E-state index contributed by atoms with van der Waals surface area (Å²) in [6.07, 6.45) is -0.105. The van der Waals surface area contributed by atoms with Crippen LogP contribution in [0.1, 0.15) is 21.5 Å². The monoisotopic (exact) mass is 502 g/mol. The van der Waals surface area contributed by atoms with Crippen LogP contribution in [0.15, 0.2) is 59.6 Å². The molecule has 3 aromatic rings. The summed E-state index contributed by atoms with van der Waals surface area (Å²) in [7, 11) is 0. The highest BCUT2D eigenvalue weighted by Crippen LogP contribution is 2.30. The first-order valence-electron chi connectivity index (χ1n) is 9.96. The van der Waals surface area contributed by atoms with Crippen molar-refractivity contribution in [1.29, 1.82) is 5.41 Å². The smallest absolute Gasteiger partial charge is 0.343 e. The number of amides is 1. The molecule has 0 saturated heterocycles. The zero-order chi connectivity index (χ0) is 22.7. The quantitative estimate of drug-likeness (QED) is 0.151. The standard InChI is InChI=1S/C23H22N6O3.2ClH/c24-20(30)12-18-17-6-4-14(21(25)26)10-13(17)5-7-19(18)32-22(31)15-2-1-3-16(11-15)29-23-27-8-9-28-23;;/h1-7,10-11H,8-9,12H2,(H2,24,30)(H3,25,26)(H2,27,28,29);2*1H. The number of primary amides is 1. The summed E-state index contributed by atoms with van der Waals surface area (Å²) in [5.74, 6) is -0.288. The van der Waals surface area contributed by atoms with Crippen LogP contribution in [-0.2, 0) is 11.2 Å². The molecule has 11 heteroatoms. The molecule has 0 atom stereocenters. The van der Waals surface area contributed by atoms with Crippen LogP contribution in [-0.4, -0.2) is 36.8 Å². The van der Waals surface area contributed by atoms with Crippen LogP contribution >= 0.6 is 24.8 Å². The predicted octanol–water partition coefficient (Wildman–Crippen LogP) is 2.59. The minimum absolute atomic E-state index is 0. The number of benzene rings is 3. The van der Waals surface area contributed by atoms with Gasteiger partial charge in [-0.15, -0.1) is 24.8 Å². The van der Waals surface area contributed by atoms with Crippen molar-refractivity contribution in [1.82, 2.24) is 5.32 Å². The molecule has 1 amide bonds. The lowest BCUT2D eigenvalue weighted by molar-refractivity contribution is -0.117. The Morgan fingerprint density at radius 2 is 1.85 bits per heavy atom. The number of anilines is 1. The van der Waals surface area contributed by atoms with E-state index in [4.69, 9.17) is 21.6 Å². The second-order valence-electron chi connectivity index (χ2n) is 7.29. The maximum Gasteiger partial charge on any atom is 0.343 e. The largest absolute Gasteiger partial charge is 0.423 e. The van der Waals surface area contributed by atoms with E-state index in [9.17, 15) is 9.59 Å². The van der Waals surface area contributed by atoms with Gasteiger partial charge in [-0.3, -0.25) is 15.2 Å². The molecular formula is C23H24Cl2N6O3. The van der Waals surface area contributed by atoms with Crippen molar-refractivity contribution in [2.24, 2.45) is 16.5 Å². The Hall–Kier alpha value is -3.82. The number of nitrogens with one attached hydrogen (secondary N) is 3. The average Bonchev–Trinajstić information content (AvgIpc) is 3.27. The number of aliphatic imine (C=N–C) groups is 1. The molecule has 0 spiro atoms. The number of amidine groups is 1. The van der Waals surface area contributed by atoms with E-state index in [0.717, 1.165) is 11.9 Å². The van der Waals surface area contributed by atoms with Gasteiger partial charge in [-0.25, -0.2) is 4.79 Å². The van der Waals surface area contributed by atoms with Crippen molar-refractivity contribution in [2.75, 3.05) is 18.4 Å². The SMILES string of the molecule is Cl.Cl.N=C(N)c1ccc2c(CC(N)=O)c(OC(=O)c3cccc(NC4=NCCN4)c3)ccc2c1. The molecule has 0 radical (unpaired) electrons.